The maximum Gasteiger partial charge on any atom is 0.260 e. The summed E-state index contributed by atoms with van der Waals surface area (Å²) < 4.78 is 10.7. The molecule has 33 heavy (non-hydrogen) atoms. The first kappa shape index (κ1) is 25.7. The highest BCUT2D eigenvalue weighted by atomic mass is 16.6. The summed E-state index contributed by atoms with van der Waals surface area (Å²) in [5.41, 5.74) is 1.75. The van der Waals surface area contributed by atoms with Gasteiger partial charge >= 0.3 is 0 Å². The Kier molecular flexibility index (Phi) is 12.0. The van der Waals surface area contributed by atoms with Crippen molar-refractivity contribution in [1.29, 1.82) is 0 Å². The highest BCUT2D eigenvalue weighted by molar-refractivity contribution is 5.77. The number of oxime groups is 1. The van der Waals surface area contributed by atoms with Gasteiger partial charge in [0.15, 0.2) is 12.4 Å². The molecular weight excluding hydrogens is 430 g/mol. The Morgan fingerprint density at radius 1 is 0.939 bits per heavy atom. The Morgan fingerprint density at radius 3 is 2.33 bits per heavy atom. The molecule has 12 nitrogen and oxygen atoms in total. The van der Waals surface area contributed by atoms with E-state index < -0.39 is 0 Å². The first-order valence-electron chi connectivity index (χ1n) is 10.5. The number of benzene rings is 1. The van der Waals surface area contributed by atoms with Crippen molar-refractivity contribution in [2.75, 3.05) is 39.6 Å². The third-order valence-corrected chi connectivity index (χ3v) is 4.07. The molecule has 0 aliphatic rings. The summed E-state index contributed by atoms with van der Waals surface area (Å²) in [6.45, 7) is 5.46. The van der Waals surface area contributed by atoms with Crippen LogP contribution in [0.2, 0.25) is 0 Å². The van der Waals surface area contributed by atoms with Gasteiger partial charge in [-0.1, -0.05) is 29.4 Å². The van der Waals surface area contributed by atoms with Crippen LogP contribution in [-0.2, 0) is 30.4 Å². The van der Waals surface area contributed by atoms with Crippen LogP contribution in [0.3, 0.4) is 0 Å². The van der Waals surface area contributed by atoms with Gasteiger partial charge in [-0.15, -0.1) is 20.4 Å². The Morgan fingerprint density at radius 2 is 1.64 bits per heavy atom. The zero-order valence-corrected chi connectivity index (χ0v) is 18.8. The van der Waals surface area contributed by atoms with Crippen LogP contribution < -0.4 is 10.6 Å². The van der Waals surface area contributed by atoms with Crippen LogP contribution in [0.15, 0.2) is 29.4 Å². The van der Waals surface area contributed by atoms with Gasteiger partial charge in [-0.2, -0.15) is 0 Å². The summed E-state index contributed by atoms with van der Waals surface area (Å²) in [5, 5.41) is 24.7. The number of nitrogens with zero attached hydrogens (tertiary/aromatic N) is 5. The highest BCUT2D eigenvalue weighted by Crippen LogP contribution is 2.13. The first-order chi connectivity index (χ1) is 16.1. The van der Waals surface area contributed by atoms with Gasteiger partial charge in [-0.05, 0) is 19.4 Å². The number of ether oxygens (including phenoxy) is 2. The molecule has 2 rings (SSSR count). The van der Waals surface area contributed by atoms with Gasteiger partial charge in [0.25, 0.3) is 5.91 Å². The second-order valence-electron chi connectivity index (χ2n) is 6.71. The van der Waals surface area contributed by atoms with Crippen molar-refractivity contribution in [3.05, 3.63) is 35.7 Å². The third-order valence-electron chi connectivity index (χ3n) is 4.07. The summed E-state index contributed by atoms with van der Waals surface area (Å²) in [5.74, 6) is 0.597. The van der Waals surface area contributed by atoms with Gasteiger partial charge in [-0.3, -0.25) is 9.59 Å². The van der Waals surface area contributed by atoms with Crippen molar-refractivity contribution in [1.82, 2.24) is 31.0 Å². The molecule has 0 fully saturated rings. The number of rotatable bonds is 15. The van der Waals surface area contributed by atoms with E-state index in [4.69, 9.17) is 14.3 Å². The van der Waals surface area contributed by atoms with E-state index in [2.05, 4.69) is 36.2 Å². The third kappa shape index (κ3) is 11.1. The average Bonchev–Trinajstić information content (AvgIpc) is 2.82. The minimum Gasteiger partial charge on any atom is -0.386 e. The Hall–Kier alpha value is -3.51. The Balaban J connectivity index is 1.48. The van der Waals surface area contributed by atoms with Crippen LogP contribution in [0.1, 0.15) is 24.7 Å². The van der Waals surface area contributed by atoms with E-state index in [1.54, 1.807) is 13.8 Å². The largest absolute Gasteiger partial charge is 0.386 e. The van der Waals surface area contributed by atoms with E-state index in [-0.39, 0.29) is 24.8 Å². The number of nitrogens with one attached hydrogen (secondary N) is 2. The number of hydrogen-bond donors (Lipinski definition) is 2. The molecule has 1 heterocycles. The topological polar surface area (TPSA) is 150 Å². The molecule has 0 aliphatic carbocycles. The van der Waals surface area contributed by atoms with Gasteiger partial charge < -0.3 is 24.9 Å². The maximum atomic E-state index is 12.0. The van der Waals surface area contributed by atoms with Crippen molar-refractivity contribution in [3.63, 3.8) is 0 Å². The number of amides is 2. The lowest BCUT2D eigenvalue weighted by Gasteiger charge is -2.08. The van der Waals surface area contributed by atoms with Crippen molar-refractivity contribution in [2.24, 2.45) is 5.16 Å². The minimum atomic E-state index is -0.266. The van der Waals surface area contributed by atoms with Crippen LogP contribution >= 0.6 is 0 Å². The van der Waals surface area contributed by atoms with Crippen LogP contribution in [0, 0.1) is 6.92 Å². The van der Waals surface area contributed by atoms with E-state index in [1.165, 1.54) is 6.21 Å². The number of aromatic nitrogens is 4. The van der Waals surface area contributed by atoms with Gasteiger partial charge in [-0.25, -0.2) is 0 Å². The summed E-state index contributed by atoms with van der Waals surface area (Å²) in [6.07, 6.45) is 1.71. The molecule has 0 saturated carbocycles. The van der Waals surface area contributed by atoms with E-state index in [9.17, 15) is 9.59 Å². The van der Waals surface area contributed by atoms with Crippen molar-refractivity contribution < 1.29 is 23.9 Å². The van der Waals surface area contributed by atoms with Crippen molar-refractivity contribution in [3.8, 4) is 11.4 Å². The van der Waals surface area contributed by atoms with Crippen molar-refractivity contribution in [2.45, 2.75) is 26.8 Å². The van der Waals surface area contributed by atoms with Crippen LogP contribution in [0.25, 0.3) is 11.4 Å². The molecule has 0 radical (unpaired) electrons. The van der Waals surface area contributed by atoms with Gasteiger partial charge in [0.1, 0.15) is 0 Å². The number of carbonyl (C=O) groups is 2. The molecule has 178 valence electrons. The monoisotopic (exact) mass is 459 g/mol. The lowest BCUT2D eigenvalue weighted by molar-refractivity contribution is -0.125. The molecule has 12 heteroatoms. The second-order valence-corrected chi connectivity index (χ2v) is 6.71. The number of aryl methyl sites for hydroxylation is 1. The van der Waals surface area contributed by atoms with E-state index in [0.717, 1.165) is 11.1 Å². The molecule has 0 bridgehead atoms. The minimum absolute atomic E-state index is 0.104. The molecule has 2 amide bonds. The molecule has 1 aromatic heterocycles. The summed E-state index contributed by atoms with van der Waals surface area (Å²) in [4.78, 5) is 28.0. The van der Waals surface area contributed by atoms with Crippen LogP contribution in [0.4, 0.5) is 0 Å². The molecule has 0 unspecified atom stereocenters. The first-order valence-corrected chi connectivity index (χ1v) is 10.5. The predicted octanol–water partition coefficient (Wildman–Crippen LogP) is 0.420. The SMILES string of the molecule is C/C=N/OCC(=O)NCCOCCOCCC(=O)NCc1ccc(-c2nnc(C)nn2)cc1. The van der Waals surface area contributed by atoms with E-state index in [0.29, 0.717) is 51.2 Å². The maximum absolute atomic E-state index is 12.0. The summed E-state index contributed by atoms with van der Waals surface area (Å²) >= 11 is 0. The van der Waals surface area contributed by atoms with E-state index in [1.807, 2.05) is 24.3 Å². The van der Waals surface area contributed by atoms with Crippen molar-refractivity contribution >= 4 is 18.0 Å². The summed E-state index contributed by atoms with van der Waals surface area (Å²) in [7, 11) is 0. The zero-order chi connectivity index (χ0) is 23.7. The van der Waals surface area contributed by atoms with Gasteiger partial charge in [0.2, 0.25) is 11.7 Å². The fourth-order valence-electron chi connectivity index (χ4n) is 2.43. The smallest absolute Gasteiger partial charge is 0.260 e. The average molecular weight is 460 g/mol. The molecule has 0 aliphatic heterocycles. The Bertz CT molecular complexity index is 876. The standard InChI is InChI=1S/C21H29N7O5/c1-3-24-33-15-20(30)22-9-11-32-13-12-31-10-8-19(29)23-14-17-4-6-18(7-5-17)21-27-25-16(2)26-28-21/h3-7H,8-15H2,1-2H3,(H,22,30)(H,23,29)/b24-3+. The fraction of sp³-hybridized carbons (Fsp3) is 0.476. The van der Waals surface area contributed by atoms with Crippen LogP contribution in [0.5, 0.6) is 0 Å². The number of carbonyl (C=O) groups excluding carboxylic acids is 2. The molecule has 0 atom stereocenters. The molecule has 1 aromatic carbocycles. The molecule has 2 N–H and O–H groups in total. The second kappa shape index (κ2) is 15.3. The molecule has 2 aromatic rings. The van der Waals surface area contributed by atoms with Gasteiger partial charge in [0, 0.05) is 31.3 Å². The predicted molar refractivity (Wildman–Crippen MR) is 119 cm³/mol. The lowest BCUT2D eigenvalue weighted by atomic mass is 10.1. The lowest BCUT2D eigenvalue weighted by Crippen LogP contribution is -2.30. The molecular formula is C21H29N7O5. The van der Waals surface area contributed by atoms with Crippen LogP contribution in [-0.4, -0.2) is 78.0 Å². The highest BCUT2D eigenvalue weighted by Gasteiger charge is 2.05. The zero-order valence-electron chi connectivity index (χ0n) is 18.8. The quantitative estimate of drug-likeness (QED) is 0.219. The molecule has 0 saturated heterocycles. The molecule has 0 spiro atoms. The Labute approximate surface area is 192 Å². The van der Waals surface area contributed by atoms with E-state index >= 15 is 0 Å². The van der Waals surface area contributed by atoms with Gasteiger partial charge in [0.05, 0.1) is 26.4 Å². The summed E-state index contributed by atoms with van der Waals surface area (Å²) in [6, 6.07) is 7.50. The normalized spacial score (nSPS) is 10.8. The fourth-order valence-corrected chi connectivity index (χ4v) is 2.43. The number of hydrogen-bond acceptors (Lipinski definition) is 10.